The van der Waals surface area contributed by atoms with Crippen molar-refractivity contribution in [2.75, 3.05) is 20.2 Å². The van der Waals surface area contributed by atoms with E-state index in [0.717, 1.165) is 12.1 Å². The lowest BCUT2D eigenvalue weighted by atomic mass is 10.1. The first-order valence-electron chi connectivity index (χ1n) is 6.42. The number of benzene rings is 1. The maximum absolute atomic E-state index is 12.3. The highest BCUT2D eigenvalue weighted by Crippen LogP contribution is 2.13. The van der Waals surface area contributed by atoms with Crippen LogP contribution >= 0.6 is 11.6 Å². The highest BCUT2D eigenvalue weighted by atomic mass is 35.5. The molecule has 1 aromatic rings. The highest BCUT2D eigenvalue weighted by Gasteiger charge is 2.30. The van der Waals surface area contributed by atoms with Crippen LogP contribution < -0.4 is 5.32 Å². The summed E-state index contributed by atoms with van der Waals surface area (Å²) in [5.41, 5.74) is 1.06. The van der Waals surface area contributed by atoms with Crippen LogP contribution in [0.1, 0.15) is 12.5 Å². The van der Waals surface area contributed by atoms with Crippen molar-refractivity contribution in [1.29, 1.82) is 0 Å². The van der Waals surface area contributed by atoms with Gasteiger partial charge in [-0.1, -0.05) is 23.7 Å². The van der Waals surface area contributed by atoms with Crippen molar-refractivity contribution >= 4 is 17.5 Å². The Labute approximate surface area is 118 Å². The van der Waals surface area contributed by atoms with Crippen LogP contribution in [-0.4, -0.2) is 43.2 Å². The number of carbonyl (C=O) groups excluding carboxylic acids is 1. The third-order valence-electron chi connectivity index (χ3n) is 3.29. The Kier molecular flexibility index (Phi) is 4.80. The van der Waals surface area contributed by atoms with Gasteiger partial charge >= 0.3 is 0 Å². The summed E-state index contributed by atoms with van der Waals surface area (Å²) in [6.45, 7) is 3.87. The van der Waals surface area contributed by atoms with Gasteiger partial charge in [-0.15, -0.1) is 0 Å². The molecule has 0 saturated carbocycles. The molecule has 104 valence electrons. The maximum Gasteiger partial charge on any atom is 0.242 e. The molecule has 0 spiro atoms. The Morgan fingerprint density at radius 1 is 1.47 bits per heavy atom. The summed E-state index contributed by atoms with van der Waals surface area (Å²) in [6.07, 6.45) is -0.0890. The van der Waals surface area contributed by atoms with Gasteiger partial charge in [0.2, 0.25) is 5.91 Å². The van der Waals surface area contributed by atoms with Crippen molar-refractivity contribution in [3.63, 3.8) is 0 Å². The second-order valence-corrected chi connectivity index (χ2v) is 5.26. The van der Waals surface area contributed by atoms with Gasteiger partial charge in [0.1, 0.15) is 6.04 Å². The van der Waals surface area contributed by atoms with Crippen LogP contribution in [0, 0.1) is 0 Å². The lowest BCUT2D eigenvalue weighted by Gasteiger charge is -2.32. The lowest BCUT2D eigenvalue weighted by Crippen LogP contribution is -2.55. The van der Waals surface area contributed by atoms with Crippen molar-refractivity contribution < 1.29 is 9.53 Å². The number of nitrogens with one attached hydrogen (secondary N) is 1. The summed E-state index contributed by atoms with van der Waals surface area (Å²) < 4.78 is 5.50. The largest absolute Gasteiger partial charge is 0.375 e. The van der Waals surface area contributed by atoms with Gasteiger partial charge in [0.05, 0.1) is 12.7 Å². The van der Waals surface area contributed by atoms with Crippen molar-refractivity contribution in [2.45, 2.75) is 25.6 Å². The van der Waals surface area contributed by atoms with E-state index in [0.29, 0.717) is 18.2 Å². The Balaban J connectivity index is 1.96. The summed E-state index contributed by atoms with van der Waals surface area (Å²) >= 11 is 5.84. The van der Waals surface area contributed by atoms with Crippen LogP contribution in [0.25, 0.3) is 0 Å². The Bertz CT molecular complexity index is 436. The molecule has 0 radical (unpaired) electrons. The van der Waals surface area contributed by atoms with E-state index in [-0.39, 0.29) is 18.1 Å². The number of rotatable bonds is 3. The minimum atomic E-state index is -0.258. The van der Waals surface area contributed by atoms with Gasteiger partial charge in [-0.05, 0) is 24.6 Å². The fourth-order valence-electron chi connectivity index (χ4n) is 2.19. The number of nitrogens with zero attached hydrogens (tertiary/aromatic N) is 1. The van der Waals surface area contributed by atoms with Crippen LogP contribution in [0.5, 0.6) is 0 Å². The van der Waals surface area contributed by atoms with Crippen LogP contribution in [0.2, 0.25) is 5.02 Å². The lowest BCUT2D eigenvalue weighted by molar-refractivity contribution is -0.138. The van der Waals surface area contributed by atoms with E-state index in [2.05, 4.69) is 5.32 Å². The molecule has 0 bridgehead atoms. The molecule has 5 heteroatoms. The first-order chi connectivity index (χ1) is 9.08. The third kappa shape index (κ3) is 3.69. The number of carbonyl (C=O) groups is 1. The quantitative estimate of drug-likeness (QED) is 0.917. The molecule has 1 saturated heterocycles. The molecular weight excluding hydrogens is 264 g/mol. The van der Waals surface area contributed by atoms with Crippen LogP contribution in [0.4, 0.5) is 0 Å². The summed E-state index contributed by atoms with van der Waals surface area (Å²) in [5.74, 6) is 0.0575. The second kappa shape index (κ2) is 6.37. The minimum Gasteiger partial charge on any atom is -0.375 e. The molecular formula is C14H19ClN2O2. The Morgan fingerprint density at radius 2 is 2.16 bits per heavy atom. The van der Waals surface area contributed by atoms with Crippen LogP contribution in [0.3, 0.4) is 0 Å². The smallest absolute Gasteiger partial charge is 0.242 e. The monoisotopic (exact) mass is 282 g/mol. The van der Waals surface area contributed by atoms with E-state index in [1.807, 2.05) is 31.2 Å². The van der Waals surface area contributed by atoms with Gasteiger partial charge < -0.3 is 15.0 Å². The van der Waals surface area contributed by atoms with E-state index < -0.39 is 0 Å². The van der Waals surface area contributed by atoms with Gasteiger partial charge in [0, 0.05) is 25.2 Å². The first-order valence-corrected chi connectivity index (χ1v) is 6.80. The van der Waals surface area contributed by atoms with E-state index in [9.17, 15) is 4.79 Å². The summed E-state index contributed by atoms with van der Waals surface area (Å²) in [7, 11) is 1.81. The normalized spacial score (nSPS) is 23.1. The zero-order chi connectivity index (χ0) is 13.8. The Morgan fingerprint density at radius 3 is 2.79 bits per heavy atom. The maximum atomic E-state index is 12.3. The number of hydrogen-bond acceptors (Lipinski definition) is 3. The van der Waals surface area contributed by atoms with Gasteiger partial charge in [0.25, 0.3) is 0 Å². The average Bonchev–Trinajstić information content (AvgIpc) is 2.41. The van der Waals surface area contributed by atoms with Gasteiger partial charge in [-0.25, -0.2) is 0 Å². The number of amides is 1. The number of likely N-dealkylation sites (N-methyl/N-ethyl adjacent to an activating group) is 1. The van der Waals surface area contributed by atoms with Crippen molar-refractivity contribution in [1.82, 2.24) is 10.2 Å². The summed E-state index contributed by atoms with van der Waals surface area (Å²) in [4.78, 5) is 14.1. The minimum absolute atomic E-state index is 0.0575. The van der Waals surface area contributed by atoms with Crippen LogP contribution in [0.15, 0.2) is 24.3 Å². The van der Waals surface area contributed by atoms with Crippen molar-refractivity contribution in [3.05, 3.63) is 34.9 Å². The standard InChI is InChI=1S/C14H19ClN2O2/c1-10-13(16-7-8-19-10)14(18)17(2)9-11-3-5-12(15)6-4-11/h3-6,10,13,16H,7-9H2,1-2H3/t10-,13+/m1/s1. The SMILES string of the molecule is C[C@H]1OCCN[C@@H]1C(=O)N(C)Cc1ccc(Cl)cc1. The number of ether oxygens (including phenoxy) is 1. The Hall–Kier alpha value is -1.10. The fraction of sp³-hybridized carbons (Fsp3) is 0.500. The predicted molar refractivity (Wildman–Crippen MR) is 75.1 cm³/mol. The predicted octanol–water partition coefficient (Wildman–Crippen LogP) is 1.68. The molecule has 2 atom stereocenters. The molecule has 1 N–H and O–H groups in total. The molecule has 1 heterocycles. The number of morpholine rings is 1. The molecule has 4 nitrogen and oxygen atoms in total. The average molecular weight is 283 g/mol. The third-order valence-corrected chi connectivity index (χ3v) is 3.54. The van der Waals surface area contributed by atoms with E-state index in [1.165, 1.54) is 0 Å². The van der Waals surface area contributed by atoms with Crippen LogP contribution in [-0.2, 0) is 16.1 Å². The highest BCUT2D eigenvalue weighted by molar-refractivity contribution is 6.30. The molecule has 1 aromatic carbocycles. The van der Waals surface area contributed by atoms with Crippen molar-refractivity contribution in [3.8, 4) is 0 Å². The van der Waals surface area contributed by atoms with Gasteiger partial charge in [-0.3, -0.25) is 4.79 Å². The molecule has 0 aromatic heterocycles. The zero-order valence-electron chi connectivity index (χ0n) is 11.2. The molecule has 0 aliphatic carbocycles. The molecule has 2 rings (SSSR count). The zero-order valence-corrected chi connectivity index (χ0v) is 12.0. The molecule has 1 fully saturated rings. The first kappa shape index (κ1) is 14.3. The number of hydrogen-bond donors (Lipinski definition) is 1. The molecule has 1 aliphatic heterocycles. The summed E-state index contributed by atoms with van der Waals surface area (Å²) in [5, 5.41) is 3.91. The van der Waals surface area contributed by atoms with E-state index in [1.54, 1.807) is 11.9 Å². The van der Waals surface area contributed by atoms with E-state index in [4.69, 9.17) is 16.3 Å². The van der Waals surface area contributed by atoms with Gasteiger partial charge in [-0.2, -0.15) is 0 Å². The fourth-order valence-corrected chi connectivity index (χ4v) is 2.31. The second-order valence-electron chi connectivity index (χ2n) is 4.83. The topological polar surface area (TPSA) is 41.6 Å². The summed E-state index contributed by atoms with van der Waals surface area (Å²) in [6, 6.07) is 7.27. The van der Waals surface area contributed by atoms with Gasteiger partial charge in [0.15, 0.2) is 0 Å². The molecule has 1 aliphatic rings. The van der Waals surface area contributed by atoms with E-state index >= 15 is 0 Å². The number of halogens is 1. The van der Waals surface area contributed by atoms with Crippen molar-refractivity contribution in [2.24, 2.45) is 0 Å². The molecule has 0 unspecified atom stereocenters. The molecule has 19 heavy (non-hydrogen) atoms. The molecule has 1 amide bonds.